The van der Waals surface area contributed by atoms with E-state index in [-0.39, 0.29) is 0 Å². The van der Waals surface area contributed by atoms with Gasteiger partial charge in [0, 0.05) is 0 Å². The monoisotopic (exact) mass is 221 g/mol. The van der Waals surface area contributed by atoms with E-state index in [4.69, 9.17) is 0 Å². The lowest BCUT2D eigenvalue weighted by Crippen LogP contribution is -2.10. The molecule has 0 bridgehead atoms. The molecular formula is C16H18B. The Morgan fingerprint density at radius 3 is 2.71 bits per heavy atom. The number of rotatable bonds is 5. The number of allylic oxidation sites excluding steroid dienone is 6. The van der Waals surface area contributed by atoms with Gasteiger partial charge in [-0.1, -0.05) is 74.0 Å². The maximum atomic E-state index is 4.14. The van der Waals surface area contributed by atoms with Gasteiger partial charge < -0.3 is 0 Å². The van der Waals surface area contributed by atoms with E-state index in [2.05, 4.69) is 51.6 Å². The van der Waals surface area contributed by atoms with Crippen molar-refractivity contribution in [3.05, 3.63) is 72.9 Å². The molecule has 0 fully saturated rings. The fourth-order valence-electron chi connectivity index (χ4n) is 1.51. The van der Waals surface area contributed by atoms with Gasteiger partial charge in [-0.3, -0.25) is 0 Å². The molecule has 0 unspecified atom stereocenters. The fourth-order valence-corrected chi connectivity index (χ4v) is 1.51. The molecule has 1 aromatic carbocycles. The van der Waals surface area contributed by atoms with E-state index in [9.17, 15) is 0 Å². The van der Waals surface area contributed by atoms with Crippen molar-refractivity contribution in [3.63, 3.8) is 0 Å². The molecule has 0 amide bonds. The second-order valence-corrected chi connectivity index (χ2v) is 3.86. The second-order valence-electron chi connectivity index (χ2n) is 3.86. The molecule has 0 aliphatic heterocycles. The van der Waals surface area contributed by atoms with Crippen molar-refractivity contribution in [2.45, 2.75) is 13.7 Å². The zero-order chi connectivity index (χ0) is 12.7. The first-order chi connectivity index (χ1) is 8.19. The van der Waals surface area contributed by atoms with E-state index in [0.717, 1.165) is 11.1 Å². The molecule has 0 atom stereocenters. The van der Waals surface area contributed by atoms with Gasteiger partial charge in [-0.05, 0) is 23.6 Å². The third kappa shape index (κ3) is 3.95. The molecule has 17 heavy (non-hydrogen) atoms. The van der Waals surface area contributed by atoms with E-state index in [1.165, 1.54) is 11.0 Å². The summed E-state index contributed by atoms with van der Waals surface area (Å²) in [5, 5.41) is 0. The second kappa shape index (κ2) is 6.75. The van der Waals surface area contributed by atoms with Crippen molar-refractivity contribution in [2.75, 3.05) is 0 Å². The third-order valence-corrected chi connectivity index (χ3v) is 2.64. The minimum absolute atomic E-state index is 1.06. The predicted molar refractivity (Wildman–Crippen MR) is 79.8 cm³/mol. The van der Waals surface area contributed by atoms with Crippen LogP contribution in [0, 0.1) is 0 Å². The Morgan fingerprint density at radius 1 is 1.29 bits per heavy atom. The molecule has 0 saturated heterocycles. The van der Waals surface area contributed by atoms with Gasteiger partial charge in [-0.15, -0.1) is 0 Å². The van der Waals surface area contributed by atoms with Crippen LogP contribution in [0.25, 0.3) is 5.57 Å². The molecule has 1 radical (unpaired) electrons. The molecule has 0 aromatic heterocycles. The van der Waals surface area contributed by atoms with Crippen LogP contribution in [0.3, 0.4) is 0 Å². The molecule has 0 spiro atoms. The largest absolute Gasteiger partial charge is 0.148 e. The maximum Gasteiger partial charge on any atom is 0.148 e. The average molecular weight is 221 g/mol. The van der Waals surface area contributed by atoms with E-state index in [1.54, 1.807) is 6.08 Å². The number of benzene rings is 1. The van der Waals surface area contributed by atoms with Crippen LogP contribution in [0.15, 0.2) is 67.3 Å². The van der Waals surface area contributed by atoms with Crippen LogP contribution in [-0.2, 0) is 0 Å². The van der Waals surface area contributed by atoms with Gasteiger partial charge in [0.05, 0.1) is 0 Å². The van der Waals surface area contributed by atoms with Gasteiger partial charge in [-0.25, -0.2) is 0 Å². The van der Waals surface area contributed by atoms with Crippen LogP contribution in [0.5, 0.6) is 0 Å². The molecule has 0 aliphatic rings. The third-order valence-electron chi connectivity index (χ3n) is 2.64. The summed E-state index contributed by atoms with van der Waals surface area (Å²) in [6.07, 6.45) is 7.70. The Hall–Kier alpha value is -1.76. The molecule has 0 aliphatic carbocycles. The van der Waals surface area contributed by atoms with Crippen LogP contribution in [-0.4, -0.2) is 7.28 Å². The van der Waals surface area contributed by atoms with Crippen LogP contribution in [0.4, 0.5) is 0 Å². The van der Waals surface area contributed by atoms with Crippen molar-refractivity contribution in [1.82, 2.24) is 0 Å². The summed E-state index contributed by atoms with van der Waals surface area (Å²) < 4.78 is 0. The van der Waals surface area contributed by atoms with Crippen LogP contribution >= 0.6 is 0 Å². The quantitative estimate of drug-likeness (QED) is 0.524. The minimum atomic E-state index is 1.06. The SMILES string of the molecule is C=C/C=C\C=C(/C)C(=C)c1cccc([B]C)c1. The van der Waals surface area contributed by atoms with Gasteiger partial charge in [0.15, 0.2) is 0 Å². The van der Waals surface area contributed by atoms with Gasteiger partial charge >= 0.3 is 0 Å². The first-order valence-electron chi connectivity index (χ1n) is 5.74. The molecule has 0 saturated carbocycles. The first-order valence-corrected chi connectivity index (χ1v) is 5.74. The molecule has 0 N–H and O–H groups in total. The van der Waals surface area contributed by atoms with Crippen LogP contribution in [0.1, 0.15) is 12.5 Å². The Kier molecular flexibility index (Phi) is 5.28. The van der Waals surface area contributed by atoms with Gasteiger partial charge in [0.25, 0.3) is 0 Å². The lowest BCUT2D eigenvalue weighted by Gasteiger charge is -2.07. The summed E-state index contributed by atoms with van der Waals surface area (Å²) in [4.78, 5) is 0. The standard InChI is InChI=1S/C16H18B/c1-5-6-7-9-13(2)14(3)15-10-8-11-16(12-15)17-4/h5-12H,1,3H2,2,4H3/b7-6-,13-9+. The summed E-state index contributed by atoms with van der Waals surface area (Å²) >= 11 is 0. The lowest BCUT2D eigenvalue weighted by molar-refractivity contribution is 1.51. The molecule has 0 heterocycles. The molecular weight excluding hydrogens is 203 g/mol. The summed E-state index contributed by atoms with van der Waals surface area (Å²) in [6.45, 7) is 11.9. The summed E-state index contributed by atoms with van der Waals surface area (Å²) in [6, 6.07) is 8.39. The minimum Gasteiger partial charge on any atom is -0.0991 e. The smallest absolute Gasteiger partial charge is 0.0991 e. The summed E-state index contributed by atoms with van der Waals surface area (Å²) in [5.41, 5.74) is 4.61. The highest BCUT2D eigenvalue weighted by molar-refractivity contribution is 6.51. The number of hydrogen-bond donors (Lipinski definition) is 0. The van der Waals surface area contributed by atoms with E-state index < -0.39 is 0 Å². The fraction of sp³-hybridized carbons (Fsp3) is 0.125. The van der Waals surface area contributed by atoms with Gasteiger partial charge in [-0.2, -0.15) is 0 Å². The van der Waals surface area contributed by atoms with E-state index in [0.29, 0.717) is 0 Å². The first kappa shape index (κ1) is 13.3. The Morgan fingerprint density at radius 2 is 2.06 bits per heavy atom. The molecule has 0 nitrogen and oxygen atoms in total. The van der Waals surface area contributed by atoms with Crippen molar-refractivity contribution < 1.29 is 0 Å². The van der Waals surface area contributed by atoms with Crippen LogP contribution < -0.4 is 5.46 Å². The lowest BCUT2D eigenvalue weighted by atomic mass is 9.72. The Balaban J connectivity index is 2.91. The highest BCUT2D eigenvalue weighted by Gasteiger charge is 2.01. The predicted octanol–water partition coefficient (Wildman–Crippen LogP) is 3.77. The average Bonchev–Trinajstić information content (AvgIpc) is 2.38. The summed E-state index contributed by atoms with van der Waals surface area (Å²) in [7, 11) is 2.09. The van der Waals surface area contributed by atoms with E-state index in [1.807, 2.05) is 25.1 Å². The van der Waals surface area contributed by atoms with Crippen molar-refractivity contribution in [3.8, 4) is 0 Å². The summed E-state index contributed by atoms with van der Waals surface area (Å²) in [5.74, 6) is 0. The van der Waals surface area contributed by atoms with Crippen LogP contribution in [0.2, 0.25) is 6.82 Å². The molecule has 1 aromatic rings. The molecule has 1 heteroatoms. The molecule has 85 valence electrons. The topological polar surface area (TPSA) is 0 Å². The van der Waals surface area contributed by atoms with Gasteiger partial charge in [0.2, 0.25) is 0 Å². The highest BCUT2D eigenvalue weighted by Crippen LogP contribution is 2.19. The van der Waals surface area contributed by atoms with Crippen molar-refractivity contribution in [2.24, 2.45) is 0 Å². The number of hydrogen-bond acceptors (Lipinski definition) is 0. The van der Waals surface area contributed by atoms with Crippen molar-refractivity contribution in [1.29, 1.82) is 0 Å². The Labute approximate surface area is 105 Å². The maximum absolute atomic E-state index is 4.14. The zero-order valence-corrected chi connectivity index (χ0v) is 10.6. The molecule has 1 rings (SSSR count). The highest BCUT2D eigenvalue weighted by atomic mass is 14.0. The van der Waals surface area contributed by atoms with Crippen molar-refractivity contribution >= 4 is 18.3 Å². The Bertz CT molecular complexity index is 464. The zero-order valence-electron chi connectivity index (χ0n) is 10.6. The normalized spacial score (nSPS) is 11.5. The van der Waals surface area contributed by atoms with Gasteiger partial charge in [0.1, 0.15) is 7.28 Å². The van der Waals surface area contributed by atoms with E-state index >= 15 is 0 Å².